The van der Waals surface area contributed by atoms with Crippen LogP contribution in [0.25, 0.3) is 11.4 Å². The zero-order chi connectivity index (χ0) is 13.8. The molecule has 3 nitrogen and oxygen atoms in total. The van der Waals surface area contributed by atoms with E-state index in [9.17, 15) is 0 Å². The minimum absolute atomic E-state index is 0.753. The molecule has 0 aliphatic carbocycles. The van der Waals surface area contributed by atoms with Crippen LogP contribution in [0.5, 0.6) is 0 Å². The van der Waals surface area contributed by atoms with Crippen molar-refractivity contribution in [3.63, 3.8) is 0 Å². The van der Waals surface area contributed by atoms with Crippen LogP contribution in [0.4, 0.5) is 5.82 Å². The van der Waals surface area contributed by atoms with E-state index in [1.54, 1.807) is 0 Å². The molecule has 0 spiro atoms. The molecule has 0 aliphatic rings. The molecule has 0 aliphatic heterocycles. The lowest BCUT2D eigenvalue weighted by Gasteiger charge is -2.10. The molecule has 2 aromatic rings. The van der Waals surface area contributed by atoms with E-state index in [1.807, 2.05) is 31.3 Å². The summed E-state index contributed by atoms with van der Waals surface area (Å²) in [5, 5.41) is 3.11. The molecule has 0 radical (unpaired) electrons. The highest BCUT2D eigenvalue weighted by Gasteiger charge is 2.12. The Kier molecular flexibility index (Phi) is 4.93. The van der Waals surface area contributed by atoms with Crippen molar-refractivity contribution in [2.24, 2.45) is 0 Å². The fourth-order valence-electron chi connectivity index (χ4n) is 1.79. The van der Waals surface area contributed by atoms with Gasteiger partial charge >= 0.3 is 0 Å². The number of anilines is 1. The highest BCUT2D eigenvalue weighted by molar-refractivity contribution is 9.11. The van der Waals surface area contributed by atoms with Crippen molar-refractivity contribution in [1.82, 2.24) is 9.97 Å². The smallest absolute Gasteiger partial charge is 0.161 e. The first-order valence-electron chi connectivity index (χ1n) is 6.15. The first kappa shape index (κ1) is 14.5. The second-order valence-corrected chi connectivity index (χ2v) is 5.87. The number of benzene rings is 1. The van der Waals surface area contributed by atoms with Crippen LogP contribution in [0.3, 0.4) is 0 Å². The van der Waals surface area contributed by atoms with Crippen LogP contribution in [-0.4, -0.2) is 17.0 Å². The maximum absolute atomic E-state index is 4.66. The predicted molar refractivity (Wildman–Crippen MR) is 86.4 cm³/mol. The van der Waals surface area contributed by atoms with Gasteiger partial charge in [-0.15, -0.1) is 0 Å². The number of nitrogens with zero attached hydrogens (tertiary/aromatic N) is 2. The second-order valence-electron chi connectivity index (χ2n) is 4.16. The van der Waals surface area contributed by atoms with Crippen molar-refractivity contribution in [3.8, 4) is 11.4 Å². The normalized spacial score (nSPS) is 10.5. The molecule has 0 saturated heterocycles. The fraction of sp³-hybridized carbons (Fsp3) is 0.286. The maximum Gasteiger partial charge on any atom is 0.161 e. The topological polar surface area (TPSA) is 37.8 Å². The molecule has 0 saturated carbocycles. The van der Waals surface area contributed by atoms with Crippen LogP contribution in [-0.2, 0) is 6.42 Å². The Morgan fingerprint density at radius 1 is 1.11 bits per heavy atom. The van der Waals surface area contributed by atoms with Gasteiger partial charge in [-0.1, -0.05) is 41.4 Å². The zero-order valence-corrected chi connectivity index (χ0v) is 14.0. The summed E-state index contributed by atoms with van der Waals surface area (Å²) in [6.07, 6.45) is 1.99. The molecule has 5 heteroatoms. The minimum atomic E-state index is 0.753. The summed E-state index contributed by atoms with van der Waals surface area (Å²) in [6, 6.07) is 8.03. The zero-order valence-electron chi connectivity index (χ0n) is 10.9. The van der Waals surface area contributed by atoms with Crippen LogP contribution in [0.15, 0.2) is 33.2 Å². The van der Waals surface area contributed by atoms with Crippen molar-refractivity contribution in [2.45, 2.75) is 19.8 Å². The first-order chi connectivity index (χ1) is 9.15. The summed E-state index contributed by atoms with van der Waals surface area (Å²) in [7, 11) is 1.87. The van der Waals surface area contributed by atoms with E-state index >= 15 is 0 Å². The Balaban J connectivity index is 2.51. The summed E-state index contributed by atoms with van der Waals surface area (Å²) in [6.45, 7) is 2.15. The van der Waals surface area contributed by atoms with Crippen LogP contribution in [0, 0.1) is 0 Å². The monoisotopic (exact) mass is 383 g/mol. The van der Waals surface area contributed by atoms with Gasteiger partial charge in [0, 0.05) is 17.1 Å². The van der Waals surface area contributed by atoms with Gasteiger partial charge in [-0.05, 0) is 34.5 Å². The van der Waals surface area contributed by atoms with Crippen LogP contribution >= 0.6 is 31.9 Å². The molecule has 1 aromatic heterocycles. The lowest BCUT2D eigenvalue weighted by atomic mass is 10.2. The molecule has 2 rings (SSSR count). The molecular weight excluding hydrogens is 370 g/mol. The van der Waals surface area contributed by atoms with Crippen molar-refractivity contribution in [2.75, 3.05) is 12.4 Å². The van der Waals surface area contributed by atoms with Gasteiger partial charge in [-0.3, -0.25) is 0 Å². The second kappa shape index (κ2) is 6.48. The highest BCUT2D eigenvalue weighted by atomic mass is 79.9. The molecule has 0 unspecified atom stereocenters. The van der Waals surface area contributed by atoms with Crippen LogP contribution < -0.4 is 5.32 Å². The quantitative estimate of drug-likeness (QED) is 0.832. The minimum Gasteiger partial charge on any atom is -0.372 e. The maximum atomic E-state index is 4.66. The van der Waals surface area contributed by atoms with Crippen molar-refractivity contribution >= 4 is 37.7 Å². The average molecular weight is 385 g/mol. The van der Waals surface area contributed by atoms with Gasteiger partial charge in [0.25, 0.3) is 0 Å². The Morgan fingerprint density at radius 3 is 2.37 bits per heavy atom. The third kappa shape index (κ3) is 3.34. The van der Waals surface area contributed by atoms with Crippen LogP contribution in [0.2, 0.25) is 0 Å². The summed E-state index contributed by atoms with van der Waals surface area (Å²) in [5.41, 5.74) is 2.06. The predicted octanol–water partition coefficient (Wildman–Crippen LogP) is 4.66. The molecule has 0 fully saturated rings. The molecule has 0 atom stereocenters. The van der Waals surface area contributed by atoms with E-state index in [-0.39, 0.29) is 0 Å². The molecule has 1 aromatic carbocycles. The summed E-state index contributed by atoms with van der Waals surface area (Å²) in [5.74, 6) is 1.58. The van der Waals surface area contributed by atoms with Gasteiger partial charge in [0.05, 0.1) is 10.2 Å². The lowest BCUT2D eigenvalue weighted by Crippen LogP contribution is -2.03. The van der Waals surface area contributed by atoms with E-state index in [1.165, 1.54) is 0 Å². The Morgan fingerprint density at radius 2 is 1.79 bits per heavy atom. The molecule has 1 heterocycles. The highest BCUT2D eigenvalue weighted by Crippen LogP contribution is 2.28. The van der Waals surface area contributed by atoms with Gasteiger partial charge in [0.15, 0.2) is 5.82 Å². The average Bonchev–Trinajstić information content (AvgIpc) is 2.42. The van der Waals surface area contributed by atoms with Gasteiger partial charge in [0.1, 0.15) is 5.82 Å². The van der Waals surface area contributed by atoms with Crippen molar-refractivity contribution < 1.29 is 0 Å². The van der Waals surface area contributed by atoms with Gasteiger partial charge in [-0.25, -0.2) is 9.97 Å². The van der Waals surface area contributed by atoms with E-state index < -0.39 is 0 Å². The van der Waals surface area contributed by atoms with E-state index in [2.05, 4.69) is 54.1 Å². The first-order valence-corrected chi connectivity index (χ1v) is 7.74. The number of hydrogen-bond donors (Lipinski definition) is 1. The van der Waals surface area contributed by atoms with E-state index in [0.29, 0.717) is 0 Å². The summed E-state index contributed by atoms with van der Waals surface area (Å²) in [4.78, 5) is 9.21. The SMILES string of the molecule is CCCc1nc(-c2ccc(Br)cc2)nc(NC)c1Br. The summed E-state index contributed by atoms with van der Waals surface area (Å²) >= 11 is 7.00. The van der Waals surface area contributed by atoms with Gasteiger partial charge < -0.3 is 5.32 Å². The number of aromatic nitrogens is 2. The molecule has 100 valence electrons. The molecule has 19 heavy (non-hydrogen) atoms. The van der Waals surface area contributed by atoms with Crippen molar-refractivity contribution in [3.05, 3.63) is 38.9 Å². The van der Waals surface area contributed by atoms with E-state index in [4.69, 9.17) is 0 Å². The number of hydrogen-bond acceptors (Lipinski definition) is 3. The Labute approximate surface area is 130 Å². The molecule has 0 amide bonds. The van der Waals surface area contributed by atoms with E-state index in [0.717, 1.165) is 44.7 Å². The largest absolute Gasteiger partial charge is 0.372 e. The van der Waals surface area contributed by atoms with Gasteiger partial charge in [-0.2, -0.15) is 0 Å². The number of aryl methyl sites for hydroxylation is 1. The number of rotatable bonds is 4. The fourth-order valence-corrected chi connectivity index (χ4v) is 2.63. The molecular formula is C14H15Br2N3. The standard InChI is InChI=1S/C14H15Br2N3/c1-3-4-11-12(16)14(17-2)19-13(18-11)9-5-7-10(15)8-6-9/h5-8H,3-4H2,1-2H3,(H,17,18,19). The number of halogens is 2. The molecule has 0 bridgehead atoms. The Hall–Kier alpha value is -0.940. The Bertz CT molecular complexity index is 568. The van der Waals surface area contributed by atoms with Gasteiger partial charge in [0.2, 0.25) is 0 Å². The summed E-state index contributed by atoms with van der Waals surface area (Å²) < 4.78 is 2.01. The third-order valence-corrected chi connectivity index (χ3v) is 4.11. The van der Waals surface area contributed by atoms with Crippen LogP contribution in [0.1, 0.15) is 19.0 Å². The third-order valence-electron chi connectivity index (χ3n) is 2.75. The number of nitrogens with one attached hydrogen (secondary N) is 1. The van der Waals surface area contributed by atoms with Crippen molar-refractivity contribution in [1.29, 1.82) is 0 Å². The molecule has 1 N–H and O–H groups in total. The lowest BCUT2D eigenvalue weighted by molar-refractivity contribution is 0.869.